The molecule has 1 saturated carbocycles. The van der Waals surface area contributed by atoms with E-state index in [1.165, 1.54) is 25.7 Å². The Morgan fingerprint density at radius 2 is 2.19 bits per heavy atom. The molecule has 0 saturated heterocycles. The number of hydrogen-bond donors (Lipinski definition) is 2. The Balaban J connectivity index is 1.86. The molecule has 1 atom stereocenters. The molecule has 0 spiro atoms. The normalized spacial score (nSPS) is 19.1. The highest BCUT2D eigenvalue weighted by Crippen LogP contribution is 2.31. The van der Waals surface area contributed by atoms with Crippen molar-refractivity contribution in [2.24, 2.45) is 11.7 Å². The monoisotopic (exact) mass is 222 g/mol. The topological polar surface area (TPSA) is 67.6 Å². The number of hydrogen-bond acceptors (Lipinski definition) is 3. The maximum atomic E-state index is 5.59. The molecule has 0 amide bonds. The van der Waals surface area contributed by atoms with Gasteiger partial charge in [-0.15, -0.1) is 0 Å². The summed E-state index contributed by atoms with van der Waals surface area (Å²) in [5.41, 5.74) is 5.59. The highest BCUT2D eigenvalue weighted by molar-refractivity contribution is 5.00. The van der Waals surface area contributed by atoms with Gasteiger partial charge in [0.2, 0.25) is 0 Å². The molecule has 1 unspecified atom stereocenters. The van der Waals surface area contributed by atoms with Crippen molar-refractivity contribution in [1.82, 2.24) is 15.2 Å². The third kappa shape index (κ3) is 2.82. The van der Waals surface area contributed by atoms with Crippen molar-refractivity contribution >= 4 is 0 Å². The standard InChI is InChI=1S/C12H22N4/c1-9(8-13)6-7-11-14-12(16-15-11)10-4-2-3-5-10/h9-10H,2-8,13H2,1H3,(H,14,15,16). The minimum absolute atomic E-state index is 0.569. The van der Waals surface area contributed by atoms with Gasteiger partial charge in [-0.25, -0.2) is 4.98 Å². The second-order valence-electron chi connectivity index (χ2n) is 5.00. The fourth-order valence-corrected chi connectivity index (χ4v) is 2.29. The van der Waals surface area contributed by atoms with Crippen LogP contribution in [0, 0.1) is 5.92 Å². The maximum absolute atomic E-state index is 5.59. The van der Waals surface area contributed by atoms with E-state index in [9.17, 15) is 0 Å². The van der Waals surface area contributed by atoms with Crippen molar-refractivity contribution in [3.63, 3.8) is 0 Å². The molecule has 4 nitrogen and oxygen atoms in total. The van der Waals surface area contributed by atoms with Crippen LogP contribution in [-0.4, -0.2) is 21.7 Å². The third-order valence-corrected chi connectivity index (χ3v) is 3.55. The Morgan fingerprint density at radius 1 is 1.44 bits per heavy atom. The summed E-state index contributed by atoms with van der Waals surface area (Å²) in [7, 11) is 0. The van der Waals surface area contributed by atoms with Gasteiger partial charge >= 0.3 is 0 Å². The molecule has 90 valence electrons. The van der Waals surface area contributed by atoms with E-state index in [4.69, 9.17) is 5.73 Å². The molecule has 1 aliphatic carbocycles. The van der Waals surface area contributed by atoms with E-state index in [-0.39, 0.29) is 0 Å². The number of H-pyrrole nitrogens is 1. The van der Waals surface area contributed by atoms with Crippen molar-refractivity contribution in [2.45, 2.75) is 51.4 Å². The summed E-state index contributed by atoms with van der Waals surface area (Å²) >= 11 is 0. The Labute approximate surface area is 97.0 Å². The highest BCUT2D eigenvalue weighted by atomic mass is 15.2. The molecule has 2 rings (SSSR count). The second kappa shape index (κ2) is 5.43. The van der Waals surface area contributed by atoms with E-state index >= 15 is 0 Å². The quantitative estimate of drug-likeness (QED) is 0.800. The highest BCUT2D eigenvalue weighted by Gasteiger charge is 2.20. The largest absolute Gasteiger partial charge is 0.330 e. The van der Waals surface area contributed by atoms with Crippen molar-refractivity contribution in [1.29, 1.82) is 0 Å². The van der Waals surface area contributed by atoms with Crippen molar-refractivity contribution in [3.05, 3.63) is 11.6 Å². The Bertz CT molecular complexity index is 315. The van der Waals surface area contributed by atoms with Crippen LogP contribution in [0.4, 0.5) is 0 Å². The van der Waals surface area contributed by atoms with Gasteiger partial charge in [-0.2, -0.15) is 5.10 Å². The molecule has 1 aromatic heterocycles. The lowest BCUT2D eigenvalue weighted by molar-refractivity contribution is 0.536. The second-order valence-corrected chi connectivity index (χ2v) is 5.00. The van der Waals surface area contributed by atoms with Crippen LogP contribution in [0.5, 0.6) is 0 Å². The van der Waals surface area contributed by atoms with Crippen LogP contribution in [0.15, 0.2) is 0 Å². The van der Waals surface area contributed by atoms with E-state index in [1.54, 1.807) is 0 Å². The number of nitrogens with two attached hydrogens (primary N) is 1. The van der Waals surface area contributed by atoms with Gasteiger partial charge in [0.1, 0.15) is 5.82 Å². The lowest BCUT2D eigenvalue weighted by Gasteiger charge is -2.05. The number of nitrogens with one attached hydrogen (secondary N) is 1. The Morgan fingerprint density at radius 3 is 2.88 bits per heavy atom. The number of aromatic amines is 1. The predicted octanol–water partition coefficient (Wildman–Crippen LogP) is 1.99. The number of nitrogens with zero attached hydrogens (tertiary/aromatic N) is 2. The molecular formula is C12H22N4. The summed E-state index contributed by atoms with van der Waals surface area (Å²) in [5, 5.41) is 7.39. The van der Waals surface area contributed by atoms with Crippen LogP contribution in [0.25, 0.3) is 0 Å². The molecule has 4 heteroatoms. The van der Waals surface area contributed by atoms with Crippen molar-refractivity contribution in [3.8, 4) is 0 Å². The lowest BCUT2D eigenvalue weighted by atomic mass is 10.1. The zero-order chi connectivity index (χ0) is 11.4. The van der Waals surface area contributed by atoms with Crippen molar-refractivity contribution < 1.29 is 0 Å². The van der Waals surface area contributed by atoms with Crippen LogP contribution < -0.4 is 5.73 Å². The molecule has 0 aliphatic heterocycles. The zero-order valence-electron chi connectivity index (χ0n) is 10.1. The van der Waals surface area contributed by atoms with Gasteiger partial charge in [0.15, 0.2) is 5.82 Å². The molecule has 1 aliphatic rings. The summed E-state index contributed by atoms with van der Waals surface area (Å²) in [6.45, 7) is 2.93. The van der Waals surface area contributed by atoms with Gasteiger partial charge in [-0.3, -0.25) is 5.10 Å². The molecular weight excluding hydrogens is 200 g/mol. The summed E-state index contributed by atoms with van der Waals surface area (Å²) < 4.78 is 0. The molecule has 1 fully saturated rings. The summed E-state index contributed by atoms with van der Waals surface area (Å²) in [5.74, 6) is 3.24. The summed E-state index contributed by atoms with van der Waals surface area (Å²) in [6, 6.07) is 0. The first-order valence-electron chi connectivity index (χ1n) is 6.41. The molecule has 1 aromatic rings. The fourth-order valence-electron chi connectivity index (χ4n) is 2.29. The van der Waals surface area contributed by atoms with Gasteiger partial charge in [0.25, 0.3) is 0 Å². The van der Waals surface area contributed by atoms with E-state index in [0.29, 0.717) is 11.8 Å². The lowest BCUT2D eigenvalue weighted by Crippen LogP contribution is -2.11. The number of aryl methyl sites for hydroxylation is 1. The minimum Gasteiger partial charge on any atom is -0.330 e. The predicted molar refractivity (Wildman–Crippen MR) is 64.1 cm³/mol. The zero-order valence-corrected chi connectivity index (χ0v) is 10.1. The third-order valence-electron chi connectivity index (χ3n) is 3.55. The molecule has 1 heterocycles. The maximum Gasteiger partial charge on any atom is 0.153 e. The molecule has 0 bridgehead atoms. The van der Waals surface area contributed by atoms with Gasteiger partial charge in [-0.05, 0) is 31.7 Å². The number of aromatic nitrogens is 3. The minimum atomic E-state index is 0.569. The van der Waals surface area contributed by atoms with Gasteiger partial charge in [0.05, 0.1) is 0 Å². The summed E-state index contributed by atoms with van der Waals surface area (Å²) in [6.07, 6.45) is 7.25. The van der Waals surface area contributed by atoms with Crippen LogP contribution in [0.2, 0.25) is 0 Å². The van der Waals surface area contributed by atoms with Crippen LogP contribution in [0.1, 0.15) is 56.6 Å². The van der Waals surface area contributed by atoms with Gasteiger partial charge in [-0.1, -0.05) is 19.8 Å². The van der Waals surface area contributed by atoms with Crippen LogP contribution in [0.3, 0.4) is 0 Å². The SMILES string of the molecule is CC(CN)CCc1nc(C2CCCC2)n[nH]1. The van der Waals surface area contributed by atoms with Gasteiger partial charge in [0, 0.05) is 12.3 Å². The molecule has 16 heavy (non-hydrogen) atoms. The van der Waals surface area contributed by atoms with E-state index in [0.717, 1.165) is 31.0 Å². The number of rotatable bonds is 5. The summed E-state index contributed by atoms with van der Waals surface area (Å²) in [4.78, 5) is 4.59. The van der Waals surface area contributed by atoms with Gasteiger partial charge < -0.3 is 5.73 Å². The Hall–Kier alpha value is -0.900. The van der Waals surface area contributed by atoms with E-state index in [1.807, 2.05) is 0 Å². The average molecular weight is 222 g/mol. The van der Waals surface area contributed by atoms with E-state index < -0.39 is 0 Å². The first kappa shape index (κ1) is 11.6. The fraction of sp³-hybridized carbons (Fsp3) is 0.833. The smallest absolute Gasteiger partial charge is 0.153 e. The molecule has 0 radical (unpaired) electrons. The van der Waals surface area contributed by atoms with Crippen LogP contribution in [-0.2, 0) is 6.42 Å². The van der Waals surface area contributed by atoms with E-state index in [2.05, 4.69) is 22.1 Å². The first-order valence-corrected chi connectivity index (χ1v) is 6.41. The molecule has 3 N–H and O–H groups in total. The molecule has 0 aromatic carbocycles. The average Bonchev–Trinajstić information content (AvgIpc) is 2.95. The Kier molecular flexibility index (Phi) is 3.93. The van der Waals surface area contributed by atoms with Crippen molar-refractivity contribution in [2.75, 3.05) is 6.54 Å². The van der Waals surface area contributed by atoms with Crippen LogP contribution >= 0.6 is 0 Å². The first-order chi connectivity index (χ1) is 7.79.